The summed E-state index contributed by atoms with van der Waals surface area (Å²) < 4.78 is 0. The Balaban J connectivity index is 2.76. The number of hydrogen-bond acceptors (Lipinski definition) is 1. The number of benzene rings is 1. The van der Waals surface area contributed by atoms with Crippen LogP contribution in [0.15, 0.2) is 24.3 Å². The van der Waals surface area contributed by atoms with Crippen LogP contribution in [0.2, 0.25) is 5.02 Å². The van der Waals surface area contributed by atoms with Gasteiger partial charge in [0.2, 0.25) is 0 Å². The molecule has 0 amide bonds. The van der Waals surface area contributed by atoms with Gasteiger partial charge in [0.05, 0.1) is 0 Å². The van der Waals surface area contributed by atoms with E-state index in [1.54, 1.807) is 0 Å². The average molecular weight is 296 g/mol. The van der Waals surface area contributed by atoms with Crippen LogP contribution in [0.5, 0.6) is 0 Å². The van der Waals surface area contributed by atoms with E-state index in [1.807, 2.05) is 6.07 Å². The van der Waals surface area contributed by atoms with Crippen molar-refractivity contribution >= 4 is 11.6 Å². The van der Waals surface area contributed by atoms with Crippen LogP contribution in [-0.2, 0) is 6.42 Å². The smallest absolute Gasteiger partial charge is 0.0408 e. The van der Waals surface area contributed by atoms with E-state index in [0.29, 0.717) is 5.92 Å². The first-order valence-electron chi connectivity index (χ1n) is 7.85. The van der Waals surface area contributed by atoms with Crippen LogP contribution in [0.3, 0.4) is 0 Å². The lowest BCUT2D eigenvalue weighted by molar-refractivity contribution is 0.270. The third-order valence-corrected chi connectivity index (χ3v) is 4.23. The summed E-state index contributed by atoms with van der Waals surface area (Å²) in [6, 6.07) is 8.30. The van der Waals surface area contributed by atoms with Gasteiger partial charge in [-0.15, -0.1) is 0 Å². The number of hydrogen-bond donors (Lipinski definition) is 1. The van der Waals surface area contributed by atoms with Gasteiger partial charge in [-0.05, 0) is 63.3 Å². The molecule has 1 aromatic rings. The monoisotopic (exact) mass is 295 g/mol. The van der Waals surface area contributed by atoms with Crippen LogP contribution in [-0.4, -0.2) is 12.1 Å². The number of rotatable bonds is 7. The van der Waals surface area contributed by atoms with Crippen molar-refractivity contribution in [2.45, 2.75) is 59.4 Å². The van der Waals surface area contributed by atoms with Gasteiger partial charge in [0.1, 0.15) is 0 Å². The fourth-order valence-corrected chi connectivity index (χ4v) is 2.98. The Hall–Kier alpha value is -0.530. The van der Waals surface area contributed by atoms with Crippen LogP contribution < -0.4 is 5.32 Å². The summed E-state index contributed by atoms with van der Waals surface area (Å²) in [6.45, 7) is 12.4. The quantitative estimate of drug-likeness (QED) is 0.717. The van der Waals surface area contributed by atoms with E-state index in [2.05, 4.69) is 58.1 Å². The summed E-state index contributed by atoms with van der Waals surface area (Å²) in [7, 11) is 0. The van der Waals surface area contributed by atoms with Gasteiger partial charge in [0.25, 0.3) is 0 Å². The Labute approximate surface area is 130 Å². The molecule has 0 saturated heterocycles. The van der Waals surface area contributed by atoms with Crippen LogP contribution in [0.1, 0.15) is 53.0 Å². The van der Waals surface area contributed by atoms with Crippen molar-refractivity contribution in [3.05, 3.63) is 34.9 Å². The molecule has 0 heterocycles. The molecule has 1 atom stereocenters. The van der Waals surface area contributed by atoms with E-state index >= 15 is 0 Å². The molecule has 0 saturated carbocycles. The molecular weight excluding hydrogens is 266 g/mol. The van der Waals surface area contributed by atoms with Crippen LogP contribution >= 0.6 is 11.6 Å². The fourth-order valence-electron chi connectivity index (χ4n) is 2.76. The summed E-state index contributed by atoms with van der Waals surface area (Å²) in [5.74, 6) is 1.44. The molecular formula is C18H30ClN. The average Bonchev–Trinajstić information content (AvgIpc) is 2.36. The maximum atomic E-state index is 6.11. The Morgan fingerprint density at radius 1 is 1.10 bits per heavy atom. The van der Waals surface area contributed by atoms with Gasteiger partial charge in [0.15, 0.2) is 0 Å². The Morgan fingerprint density at radius 2 is 1.75 bits per heavy atom. The number of halogens is 1. The molecule has 1 rings (SSSR count). The second kappa shape index (κ2) is 8.05. The van der Waals surface area contributed by atoms with E-state index in [9.17, 15) is 0 Å². The SMILES string of the molecule is CCC(CC)C(CNC(C)(C)C)Cc1cccc(Cl)c1. The molecule has 0 bridgehead atoms. The molecule has 1 N–H and O–H groups in total. The lowest BCUT2D eigenvalue weighted by atomic mass is 9.83. The molecule has 114 valence electrons. The Bertz CT molecular complexity index is 391. The highest BCUT2D eigenvalue weighted by Crippen LogP contribution is 2.25. The summed E-state index contributed by atoms with van der Waals surface area (Å²) >= 11 is 6.11. The molecule has 0 aliphatic carbocycles. The van der Waals surface area contributed by atoms with E-state index in [1.165, 1.54) is 18.4 Å². The van der Waals surface area contributed by atoms with E-state index in [4.69, 9.17) is 11.6 Å². The Kier molecular flexibility index (Phi) is 7.05. The zero-order chi connectivity index (χ0) is 15.2. The minimum atomic E-state index is 0.179. The zero-order valence-corrected chi connectivity index (χ0v) is 14.4. The molecule has 0 fully saturated rings. The van der Waals surface area contributed by atoms with Gasteiger partial charge in [0, 0.05) is 10.6 Å². The van der Waals surface area contributed by atoms with Crippen molar-refractivity contribution in [2.24, 2.45) is 11.8 Å². The maximum absolute atomic E-state index is 6.11. The highest BCUT2D eigenvalue weighted by Gasteiger charge is 2.21. The predicted octanol–water partition coefficient (Wildman–Crippen LogP) is 5.32. The maximum Gasteiger partial charge on any atom is 0.0408 e. The van der Waals surface area contributed by atoms with Crippen molar-refractivity contribution in [3.8, 4) is 0 Å². The lowest BCUT2D eigenvalue weighted by Gasteiger charge is -2.30. The van der Waals surface area contributed by atoms with Gasteiger partial charge < -0.3 is 5.32 Å². The van der Waals surface area contributed by atoms with E-state index < -0.39 is 0 Å². The molecule has 2 heteroatoms. The molecule has 0 aliphatic rings. The van der Waals surface area contributed by atoms with Crippen molar-refractivity contribution in [1.29, 1.82) is 0 Å². The normalized spacial score (nSPS) is 13.8. The van der Waals surface area contributed by atoms with Crippen LogP contribution in [0.4, 0.5) is 0 Å². The highest BCUT2D eigenvalue weighted by atomic mass is 35.5. The molecule has 1 aromatic carbocycles. The third-order valence-electron chi connectivity index (χ3n) is 4.00. The molecule has 20 heavy (non-hydrogen) atoms. The number of nitrogens with one attached hydrogen (secondary N) is 1. The predicted molar refractivity (Wildman–Crippen MR) is 90.5 cm³/mol. The largest absolute Gasteiger partial charge is 0.312 e. The topological polar surface area (TPSA) is 12.0 Å². The fraction of sp³-hybridized carbons (Fsp3) is 0.667. The molecule has 1 unspecified atom stereocenters. The molecule has 0 aromatic heterocycles. The zero-order valence-electron chi connectivity index (χ0n) is 13.7. The van der Waals surface area contributed by atoms with E-state index in [0.717, 1.165) is 23.9 Å². The van der Waals surface area contributed by atoms with Gasteiger partial charge >= 0.3 is 0 Å². The van der Waals surface area contributed by atoms with Crippen molar-refractivity contribution in [3.63, 3.8) is 0 Å². The Morgan fingerprint density at radius 3 is 2.25 bits per heavy atom. The molecule has 0 radical (unpaired) electrons. The molecule has 0 aliphatic heterocycles. The van der Waals surface area contributed by atoms with Crippen molar-refractivity contribution in [2.75, 3.05) is 6.54 Å². The standard InChI is InChI=1S/C18H30ClN/c1-6-15(7-2)16(13-20-18(3,4)5)11-14-9-8-10-17(19)12-14/h8-10,12,15-16,20H,6-7,11,13H2,1-5H3. The highest BCUT2D eigenvalue weighted by molar-refractivity contribution is 6.30. The van der Waals surface area contributed by atoms with Gasteiger partial charge in [-0.25, -0.2) is 0 Å². The van der Waals surface area contributed by atoms with Crippen molar-refractivity contribution in [1.82, 2.24) is 5.32 Å². The van der Waals surface area contributed by atoms with E-state index in [-0.39, 0.29) is 5.54 Å². The summed E-state index contributed by atoms with van der Waals surface area (Å²) in [6.07, 6.45) is 3.59. The van der Waals surface area contributed by atoms with Crippen LogP contribution in [0, 0.1) is 11.8 Å². The second-order valence-electron chi connectivity index (χ2n) is 6.80. The van der Waals surface area contributed by atoms with Gasteiger partial charge in [-0.1, -0.05) is 50.4 Å². The van der Waals surface area contributed by atoms with Crippen LogP contribution in [0.25, 0.3) is 0 Å². The molecule has 0 spiro atoms. The third kappa shape index (κ3) is 6.28. The summed E-state index contributed by atoms with van der Waals surface area (Å²) in [5.41, 5.74) is 1.53. The van der Waals surface area contributed by atoms with Gasteiger partial charge in [-0.2, -0.15) is 0 Å². The summed E-state index contributed by atoms with van der Waals surface area (Å²) in [5, 5.41) is 4.52. The summed E-state index contributed by atoms with van der Waals surface area (Å²) in [4.78, 5) is 0. The first-order chi connectivity index (χ1) is 9.35. The first-order valence-corrected chi connectivity index (χ1v) is 8.23. The van der Waals surface area contributed by atoms with Crippen molar-refractivity contribution < 1.29 is 0 Å². The lowest BCUT2D eigenvalue weighted by Crippen LogP contribution is -2.41. The second-order valence-corrected chi connectivity index (χ2v) is 7.24. The first kappa shape index (κ1) is 17.5. The minimum Gasteiger partial charge on any atom is -0.312 e. The van der Waals surface area contributed by atoms with Gasteiger partial charge in [-0.3, -0.25) is 0 Å². The molecule has 1 nitrogen and oxygen atoms in total. The minimum absolute atomic E-state index is 0.179.